The molecule has 4 aromatic carbocycles. The summed E-state index contributed by atoms with van der Waals surface area (Å²) in [5.74, 6) is 2.22. The van der Waals surface area contributed by atoms with E-state index in [0.717, 1.165) is 34.4 Å². The van der Waals surface area contributed by atoms with Crippen molar-refractivity contribution >= 4 is 5.91 Å². The molecule has 0 bridgehead atoms. The van der Waals surface area contributed by atoms with E-state index in [1.807, 2.05) is 110 Å². The first-order valence-electron chi connectivity index (χ1n) is 12.4. The molecule has 190 valence electrons. The van der Waals surface area contributed by atoms with Crippen molar-refractivity contribution in [1.82, 2.24) is 4.90 Å². The van der Waals surface area contributed by atoms with E-state index < -0.39 is 0 Å². The highest BCUT2D eigenvalue weighted by molar-refractivity contribution is 5.78. The van der Waals surface area contributed by atoms with Gasteiger partial charge in [0.1, 0.15) is 19.0 Å². The SMILES string of the molecule is COc1cc(CCN(C)C(=O)Cc2cccc(OCc3ccccc3)c2)ccc1OCc1ccccc1. The fourth-order valence-corrected chi connectivity index (χ4v) is 3.94. The normalized spacial score (nSPS) is 10.5. The molecule has 0 saturated carbocycles. The molecule has 1 amide bonds. The number of likely N-dealkylation sites (N-methyl/N-ethyl adjacent to an activating group) is 1. The number of carbonyl (C=O) groups excluding carboxylic acids is 1. The highest BCUT2D eigenvalue weighted by Crippen LogP contribution is 2.29. The Morgan fingerprint density at radius 3 is 2.00 bits per heavy atom. The number of hydrogen-bond donors (Lipinski definition) is 0. The van der Waals surface area contributed by atoms with Gasteiger partial charge in [0.15, 0.2) is 11.5 Å². The van der Waals surface area contributed by atoms with Crippen molar-refractivity contribution in [1.29, 1.82) is 0 Å². The maximum absolute atomic E-state index is 12.9. The number of amides is 1. The predicted molar refractivity (Wildman–Crippen MR) is 146 cm³/mol. The zero-order valence-corrected chi connectivity index (χ0v) is 21.4. The van der Waals surface area contributed by atoms with E-state index in [2.05, 4.69) is 0 Å². The average molecular weight is 496 g/mol. The van der Waals surface area contributed by atoms with Crippen LogP contribution in [0.25, 0.3) is 0 Å². The second-order valence-corrected chi connectivity index (χ2v) is 8.92. The van der Waals surface area contributed by atoms with E-state index in [0.29, 0.717) is 37.7 Å². The van der Waals surface area contributed by atoms with Gasteiger partial charge in [0.2, 0.25) is 5.91 Å². The molecule has 5 nitrogen and oxygen atoms in total. The van der Waals surface area contributed by atoms with Gasteiger partial charge in [-0.05, 0) is 52.9 Å². The van der Waals surface area contributed by atoms with E-state index in [-0.39, 0.29) is 5.91 Å². The zero-order valence-electron chi connectivity index (χ0n) is 21.4. The molecule has 0 heterocycles. The number of methoxy groups -OCH3 is 1. The van der Waals surface area contributed by atoms with Gasteiger partial charge >= 0.3 is 0 Å². The number of nitrogens with zero attached hydrogens (tertiary/aromatic N) is 1. The quantitative estimate of drug-likeness (QED) is 0.238. The van der Waals surface area contributed by atoms with Crippen molar-refractivity contribution in [3.8, 4) is 17.2 Å². The maximum Gasteiger partial charge on any atom is 0.226 e. The summed E-state index contributed by atoms with van der Waals surface area (Å²) < 4.78 is 17.4. The van der Waals surface area contributed by atoms with Gasteiger partial charge in [-0.3, -0.25) is 4.79 Å². The molecule has 0 aliphatic carbocycles. The summed E-state index contributed by atoms with van der Waals surface area (Å²) >= 11 is 0. The molecule has 0 radical (unpaired) electrons. The molecular formula is C32H33NO4. The van der Waals surface area contributed by atoms with Crippen LogP contribution >= 0.6 is 0 Å². The van der Waals surface area contributed by atoms with Crippen LogP contribution in [-0.2, 0) is 30.8 Å². The molecule has 4 rings (SSSR count). The fourth-order valence-electron chi connectivity index (χ4n) is 3.94. The Morgan fingerprint density at radius 2 is 1.32 bits per heavy atom. The maximum atomic E-state index is 12.9. The van der Waals surface area contributed by atoms with E-state index in [4.69, 9.17) is 14.2 Å². The summed E-state index contributed by atoms with van der Waals surface area (Å²) in [6.07, 6.45) is 1.05. The lowest BCUT2D eigenvalue weighted by molar-refractivity contribution is -0.129. The highest BCUT2D eigenvalue weighted by Gasteiger charge is 2.12. The minimum absolute atomic E-state index is 0.0648. The number of carbonyl (C=O) groups is 1. The van der Waals surface area contributed by atoms with Crippen molar-refractivity contribution in [2.45, 2.75) is 26.1 Å². The molecule has 0 saturated heterocycles. The first-order chi connectivity index (χ1) is 18.1. The Labute approximate surface area is 219 Å². The number of hydrogen-bond acceptors (Lipinski definition) is 4. The molecule has 0 N–H and O–H groups in total. The van der Waals surface area contributed by atoms with Gasteiger partial charge in [-0.25, -0.2) is 0 Å². The largest absolute Gasteiger partial charge is 0.493 e. The summed E-state index contributed by atoms with van der Waals surface area (Å²) in [6, 6.07) is 33.7. The fraction of sp³-hybridized carbons (Fsp3) is 0.219. The van der Waals surface area contributed by atoms with Gasteiger partial charge < -0.3 is 19.1 Å². The van der Waals surface area contributed by atoms with Gasteiger partial charge in [-0.2, -0.15) is 0 Å². The van der Waals surface area contributed by atoms with Crippen molar-refractivity contribution in [3.63, 3.8) is 0 Å². The molecule has 37 heavy (non-hydrogen) atoms. The lowest BCUT2D eigenvalue weighted by atomic mass is 10.1. The molecule has 0 spiro atoms. The van der Waals surface area contributed by atoms with Crippen LogP contribution in [0.15, 0.2) is 103 Å². The Balaban J connectivity index is 1.27. The standard InChI is InChI=1S/C32H33NO4/c1-33(32(34)22-28-14-9-15-29(20-28)36-23-26-10-5-3-6-11-26)19-18-25-16-17-30(31(21-25)35-2)37-24-27-12-7-4-8-13-27/h3-17,20-21H,18-19,22-24H2,1-2H3. The third-order valence-electron chi connectivity index (χ3n) is 6.13. The third-order valence-corrected chi connectivity index (χ3v) is 6.13. The van der Waals surface area contributed by atoms with Crippen LogP contribution in [0.2, 0.25) is 0 Å². The van der Waals surface area contributed by atoms with Crippen LogP contribution in [0, 0.1) is 0 Å². The molecule has 0 fully saturated rings. The summed E-state index contributed by atoms with van der Waals surface area (Å²) in [6.45, 7) is 1.58. The zero-order chi connectivity index (χ0) is 25.9. The molecule has 0 atom stereocenters. The van der Waals surface area contributed by atoms with Crippen LogP contribution in [0.4, 0.5) is 0 Å². The number of benzene rings is 4. The first kappa shape index (κ1) is 25.8. The third kappa shape index (κ3) is 7.87. The second kappa shape index (κ2) is 13.2. The topological polar surface area (TPSA) is 48.0 Å². The average Bonchev–Trinajstić information content (AvgIpc) is 2.95. The number of ether oxygens (including phenoxy) is 3. The van der Waals surface area contributed by atoms with Gasteiger partial charge in [0, 0.05) is 13.6 Å². The Kier molecular flexibility index (Phi) is 9.19. The smallest absolute Gasteiger partial charge is 0.226 e. The highest BCUT2D eigenvalue weighted by atomic mass is 16.5. The van der Waals surface area contributed by atoms with Gasteiger partial charge in [-0.15, -0.1) is 0 Å². The van der Waals surface area contributed by atoms with Gasteiger partial charge in [-0.1, -0.05) is 78.9 Å². The molecular weight excluding hydrogens is 462 g/mol. The predicted octanol–water partition coefficient (Wildman–Crippen LogP) is 6.10. The summed E-state index contributed by atoms with van der Waals surface area (Å²) in [4.78, 5) is 14.6. The monoisotopic (exact) mass is 495 g/mol. The van der Waals surface area contributed by atoms with Crippen molar-refractivity contribution in [2.24, 2.45) is 0 Å². The second-order valence-electron chi connectivity index (χ2n) is 8.92. The first-order valence-corrected chi connectivity index (χ1v) is 12.4. The van der Waals surface area contributed by atoms with Gasteiger partial charge in [0.05, 0.1) is 13.5 Å². The molecule has 5 heteroatoms. The van der Waals surface area contributed by atoms with Crippen LogP contribution < -0.4 is 14.2 Å². The van der Waals surface area contributed by atoms with Gasteiger partial charge in [0.25, 0.3) is 0 Å². The summed E-state index contributed by atoms with van der Waals surface area (Å²) in [5.41, 5.74) is 4.22. The summed E-state index contributed by atoms with van der Waals surface area (Å²) in [7, 11) is 3.48. The molecule has 0 aliphatic heterocycles. The van der Waals surface area contributed by atoms with Crippen LogP contribution in [0.5, 0.6) is 17.2 Å². The molecule has 4 aromatic rings. The van der Waals surface area contributed by atoms with E-state index in [1.165, 1.54) is 0 Å². The van der Waals surface area contributed by atoms with E-state index >= 15 is 0 Å². The van der Waals surface area contributed by atoms with Crippen molar-refractivity contribution in [3.05, 3.63) is 125 Å². The molecule has 0 unspecified atom stereocenters. The Bertz CT molecular complexity index is 1270. The molecule has 0 aliphatic rings. The van der Waals surface area contributed by atoms with E-state index in [1.54, 1.807) is 12.0 Å². The Morgan fingerprint density at radius 1 is 0.676 bits per heavy atom. The summed E-state index contributed by atoms with van der Waals surface area (Å²) in [5, 5.41) is 0. The Hall–Kier alpha value is -4.25. The van der Waals surface area contributed by atoms with Crippen LogP contribution in [0.3, 0.4) is 0 Å². The lowest BCUT2D eigenvalue weighted by Gasteiger charge is -2.18. The lowest BCUT2D eigenvalue weighted by Crippen LogP contribution is -2.30. The van der Waals surface area contributed by atoms with Crippen molar-refractivity contribution < 1.29 is 19.0 Å². The van der Waals surface area contributed by atoms with E-state index in [9.17, 15) is 4.79 Å². The molecule has 0 aromatic heterocycles. The minimum Gasteiger partial charge on any atom is -0.493 e. The number of rotatable bonds is 12. The van der Waals surface area contributed by atoms with Crippen molar-refractivity contribution in [2.75, 3.05) is 20.7 Å². The minimum atomic E-state index is 0.0648. The van der Waals surface area contributed by atoms with Crippen LogP contribution in [0.1, 0.15) is 22.3 Å². The van der Waals surface area contributed by atoms with Crippen LogP contribution in [-0.4, -0.2) is 31.5 Å².